The van der Waals surface area contributed by atoms with Crippen molar-refractivity contribution in [2.24, 2.45) is 0 Å². The van der Waals surface area contributed by atoms with Crippen molar-refractivity contribution in [2.75, 3.05) is 6.61 Å². The molecule has 1 amide bonds. The van der Waals surface area contributed by atoms with E-state index < -0.39 is 12.1 Å². The van der Waals surface area contributed by atoms with E-state index in [1.807, 2.05) is 6.08 Å². The normalized spacial score (nSPS) is 13.3. The van der Waals surface area contributed by atoms with E-state index in [9.17, 15) is 15.0 Å². The highest BCUT2D eigenvalue weighted by molar-refractivity contribution is 5.76. The van der Waals surface area contributed by atoms with Crippen molar-refractivity contribution in [3.05, 3.63) is 85.1 Å². The maximum Gasteiger partial charge on any atom is 0.220 e. The van der Waals surface area contributed by atoms with Crippen LogP contribution < -0.4 is 5.32 Å². The van der Waals surface area contributed by atoms with Gasteiger partial charge in [-0.1, -0.05) is 317 Å². The van der Waals surface area contributed by atoms with Crippen molar-refractivity contribution in [3.63, 3.8) is 0 Å². The van der Waals surface area contributed by atoms with Gasteiger partial charge in [0.25, 0.3) is 0 Å². The molecule has 72 heavy (non-hydrogen) atoms. The molecule has 3 N–H and O–H groups in total. The number of hydrogen-bond acceptors (Lipinski definition) is 3. The molecule has 0 aliphatic carbocycles. The topological polar surface area (TPSA) is 69.6 Å². The van der Waals surface area contributed by atoms with Gasteiger partial charge >= 0.3 is 0 Å². The Balaban J connectivity index is 3.53. The minimum atomic E-state index is -0.876. The van der Waals surface area contributed by atoms with Crippen LogP contribution in [0.15, 0.2) is 85.1 Å². The first-order valence-electron chi connectivity index (χ1n) is 31.8. The number of aliphatic hydroxyl groups is 2. The van der Waals surface area contributed by atoms with Crippen molar-refractivity contribution in [3.8, 4) is 0 Å². The Morgan fingerprint density at radius 1 is 0.347 bits per heavy atom. The fraction of sp³-hybridized carbons (Fsp3) is 0.779. The number of carbonyl (C=O) groups excluding carboxylic acids is 1. The molecule has 0 aliphatic rings. The third-order valence-electron chi connectivity index (χ3n) is 14.3. The molecule has 0 aromatic carbocycles. The summed E-state index contributed by atoms with van der Waals surface area (Å²) in [7, 11) is 0. The molecule has 2 atom stereocenters. The number of hydrogen-bond donors (Lipinski definition) is 3. The molecule has 0 bridgehead atoms. The number of nitrogens with one attached hydrogen (secondary N) is 1. The molecule has 0 aromatic heterocycles. The van der Waals surface area contributed by atoms with Gasteiger partial charge in [-0.15, -0.1) is 0 Å². The molecule has 418 valence electrons. The van der Waals surface area contributed by atoms with E-state index in [1.54, 1.807) is 6.08 Å². The molecule has 0 aromatic rings. The molecule has 0 saturated carbocycles. The fourth-order valence-electron chi connectivity index (χ4n) is 9.56. The standard InChI is InChI=1S/C68H123NO3/c1-3-5-7-9-11-13-15-17-19-21-23-25-27-29-31-32-33-34-35-36-38-39-41-43-45-47-49-51-53-55-57-59-61-63-67(71)66(65-70)69-68(72)64-62-60-58-56-54-52-50-48-46-44-42-40-37-30-28-26-24-22-20-18-16-14-12-10-8-6-4-2/h6,8,12,14,18,20,24,26,45,47,53,55,61,63,66-67,70-71H,3-5,7,9-11,13,15-17,19,21-23,25,27-44,46,48-52,54,56-60,62,64-65H2,1-2H3,(H,69,72)/b8-6-,14-12-,20-18-,26-24-,47-45+,55-53+,63-61+. The molecule has 0 fully saturated rings. The van der Waals surface area contributed by atoms with Crippen LogP contribution in [0.5, 0.6) is 0 Å². The van der Waals surface area contributed by atoms with E-state index in [0.717, 1.165) is 64.2 Å². The summed E-state index contributed by atoms with van der Waals surface area (Å²) in [5, 5.41) is 23.2. The first kappa shape index (κ1) is 69.6. The summed E-state index contributed by atoms with van der Waals surface area (Å²) >= 11 is 0. The van der Waals surface area contributed by atoms with Gasteiger partial charge in [-0.3, -0.25) is 4.79 Å². The molecule has 4 heteroatoms. The van der Waals surface area contributed by atoms with Gasteiger partial charge in [0.15, 0.2) is 0 Å². The number of aliphatic hydroxyl groups excluding tert-OH is 2. The molecular formula is C68H123NO3. The molecule has 0 saturated heterocycles. The fourth-order valence-corrected chi connectivity index (χ4v) is 9.56. The maximum absolute atomic E-state index is 12.5. The molecule has 0 radical (unpaired) electrons. The number of carbonyl (C=O) groups is 1. The van der Waals surface area contributed by atoms with Crippen LogP contribution in [-0.2, 0) is 4.79 Å². The van der Waals surface area contributed by atoms with Crippen LogP contribution in [0.3, 0.4) is 0 Å². The third-order valence-corrected chi connectivity index (χ3v) is 14.3. The maximum atomic E-state index is 12.5. The second kappa shape index (κ2) is 62.9. The lowest BCUT2D eigenvalue weighted by Gasteiger charge is -2.19. The zero-order chi connectivity index (χ0) is 52.0. The van der Waals surface area contributed by atoms with E-state index >= 15 is 0 Å². The van der Waals surface area contributed by atoms with Gasteiger partial charge in [0, 0.05) is 6.42 Å². The summed E-state index contributed by atoms with van der Waals surface area (Å²) in [5.41, 5.74) is 0. The van der Waals surface area contributed by atoms with E-state index in [2.05, 4.69) is 92.1 Å². The Bertz CT molecular complexity index is 1270. The average Bonchev–Trinajstić information content (AvgIpc) is 3.39. The zero-order valence-electron chi connectivity index (χ0n) is 48.2. The minimum Gasteiger partial charge on any atom is -0.394 e. The lowest BCUT2D eigenvalue weighted by molar-refractivity contribution is -0.123. The molecule has 2 unspecified atom stereocenters. The third kappa shape index (κ3) is 58.5. The first-order chi connectivity index (χ1) is 35.7. The summed E-state index contributed by atoms with van der Waals surface area (Å²) in [4.78, 5) is 12.5. The van der Waals surface area contributed by atoms with Crippen molar-refractivity contribution < 1.29 is 15.0 Å². The van der Waals surface area contributed by atoms with Crippen molar-refractivity contribution in [1.29, 1.82) is 0 Å². The van der Waals surface area contributed by atoms with Crippen LogP contribution in [0.1, 0.15) is 322 Å². The SMILES string of the molecule is CC/C=C\C/C=C\C/C=C\C/C=C\CCCCCCCCCCCCCCCCC(=O)NC(CO)C(O)/C=C/CC/C=C/CC/C=C/CCCCCCCCCCCCCCCCCCCCCCCCC. The van der Waals surface area contributed by atoms with Gasteiger partial charge < -0.3 is 15.5 Å². The van der Waals surface area contributed by atoms with Gasteiger partial charge in [-0.2, -0.15) is 0 Å². The minimum absolute atomic E-state index is 0.0782. The van der Waals surface area contributed by atoms with Crippen LogP contribution in [0, 0.1) is 0 Å². The van der Waals surface area contributed by atoms with Gasteiger partial charge in [-0.25, -0.2) is 0 Å². The molecule has 4 nitrogen and oxygen atoms in total. The van der Waals surface area contributed by atoms with Gasteiger partial charge in [0.05, 0.1) is 18.8 Å². The Labute approximate surface area is 450 Å². The lowest BCUT2D eigenvalue weighted by Crippen LogP contribution is -2.45. The highest BCUT2D eigenvalue weighted by atomic mass is 16.3. The first-order valence-corrected chi connectivity index (χ1v) is 31.8. The summed E-state index contributed by atoms with van der Waals surface area (Å²) in [6.45, 7) is 4.21. The van der Waals surface area contributed by atoms with E-state index in [1.165, 1.54) is 238 Å². The predicted octanol–water partition coefficient (Wildman–Crippen LogP) is 21.5. The highest BCUT2D eigenvalue weighted by Gasteiger charge is 2.18. The Morgan fingerprint density at radius 3 is 0.972 bits per heavy atom. The summed E-state index contributed by atoms with van der Waals surface area (Å²) in [6, 6.07) is -0.652. The van der Waals surface area contributed by atoms with E-state index in [-0.39, 0.29) is 12.5 Å². The smallest absolute Gasteiger partial charge is 0.220 e. The molecule has 0 spiro atoms. The Kier molecular flexibility index (Phi) is 60.7. The Morgan fingerprint density at radius 2 is 0.625 bits per heavy atom. The van der Waals surface area contributed by atoms with Crippen molar-refractivity contribution >= 4 is 5.91 Å². The number of allylic oxidation sites excluding steroid dienone is 13. The molecular weight excluding hydrogens is 879 g/mol. The number of amides is 1. The van der Waals surface area contributed by atoms with Gasteiger partial charge in [0.1, 0.15) is 0 Å². The van der Waals surface area contributed by atoms with Crippen LogP contribution >= 0.6 is 0 Å². The van der Waals surface area contributed by atoms with E-state index in [0.29, 0.717) is 6.42 Å². The second-order valence-electron chi connectivity index (χ2n) is 21.4. The van der Waals surface area contributed by atoms with Crippen molar-refractivity contribution in [2.45, 2.75) is 334 Å². The predicted molar refractivity (Wildman–Crippen MR) is 322 cm³/mol. The summed E-state index contributed by atoms with van der Waals surface area (Å²) < 4.78 is 0. The quantitative estimate of drug-likeness (QED) is 0.0420. The summed E-state index contributed by atoms with van der Waals surface area (Å²) in [6.07, 6.45) is 92.1. The lowest BCUT2D eigenvalue weighted by atomic mass is 10.0. The van der Waals surface area contributed by atoms with Gasteiger partial charge in [-0.05, 0) is 83.5 Å². The number of unbranched alkanes of at least 4 members (excludes halogenated alkanes) is 39. The van der Waals surface area contributed by atoms with Crippen LogP contribution in [-0.4, -0.2) is 34.9 Å². The Hall–Kier alpha value is -2.43. The van der Waals surface area contributed by atoms with Crippen molar-refractivity contribution in [1.82, 2.24) is 5.32 Å². The van der Waals surface area contributed by atoms with Crippen LogP contribution in [0.4, 0.5) is 0 Å². The monoisotopic (exact) mass is 1000 g/mol. The van der Waals surface area contributed by atoms with Gasteiger partial charge in [0.2, 0.25) is 5.91 Å². The molecule has 0 rings (SSSR count). The highest BCUT2D eigenvalue weighted by Crippen LogP contribution is 2.17. The molecule has 0 heterocycles. The van der Waals surface area contributed by atoms with E-state index in [4.69, 9.17) is 0 Å². The van der Waals surface area contributed by atoms with Crippen LogP contribution in [0.25, 0.3) is 0 Å². The number of rotatable bonds is 58. The molecule has 0 aliphatic heterocycles. The zero-order valence-corrected chi connectivity index (χ0v) is 48.2. The second-order valence-corrected chi connectivity index (χ2v) is 21.4. The average molecular weight is 1000 g/mol. The largest absolute Gasteiger partial charge is 0.394 e. The summed E-state index contributed by atoms with van der Waals surface area (Å²) in [5.74, 6) is -0.0782. The van der Waals surface area contributed by atoms with Crippen LogP contribution in [0.2, 0.25) is 0 Å².